The summed E-state index contributed by atoms with van der Waals surface area (Å²) in [5, 5.41) is 0. The van der Waals surface area contributed by atoms with Crippen molar-refractivity contribution >= 4 is 11.6 Å². The third kappa shape index (κ3) is 2.19. The molecule has 1 aromatic rings. The highest BCUT2D eigenvalue weighted by atomic mass is 35.5. The molecule has 0 aliphatic heterocycles. The van der Waals surface area contributed by atoms with Crippen molar-refractivity contribution in [2.45, 2.75) is 6.42 Å². The molecule has 1 aromatic heterocycles. The predicted octanol–water partition coefficient (Wildman–Crippen LogP) is 2.38. The first kappa shape index (κ1) is 7.29. The van der Waals surface area contributed by atoms with Gasteiger partial charge in [-0.1, -0.05) is 17.7 Å². The first-order valence-corrected chi connectivity index (χ1v) is 3.51. The molecule has 2 heteroatoms. The van der Waals surface area contributed by atoms with Crippen molar-refractivity contribution in [3.8, 4) is 0 Å². The quantitative estimate of drug-likeness (QED) is 0.636. The van der Waals surface area contributed by atoms with Gasteiger partial charge in [-0.25, -0.2) is 0 Å². The molecule has 0 spiro atoms. The Labute approximate surface area is 65.4 Å². The van der Waals surface area contributed by atoms with Crippen LogP contribution < -0.4 is 0 Å². The molecule has 0 amide bonds. The van der Waals surface area contributed by atoms with Crippen LogP contribution in [-0.2, 0) is 6.42 Å². The molecule has 10 heavy (non-hydrogen) atoms. The third-order valence-corrected chi connectivity index (χ3v) is 1.37. The van der Waals surface area contributed by atoms with Crippen molar-refractivity contribution in [2.75, 3.05) is 0 Å². The zero-order valence-electron chi connectivity index (χ0n) is 5.50. The summed E-state index contributed by atoms with van der Waals surface area (Å²) in [4.78, 5) is 3.90. The Morgan fingerprint density at radius 1 is 1.40 bits per heavy atom. The van der Waals surface area contributed by atoms with Crippen molar-refractivity contribution in [3.63, 3.8) is 0 Å². The van der Waals surface area contributed by atoms with Crippen molar-refractivity contribution < 1.29 is 0 Å². The molecule has 0 aliphatic rings. The average molecular weight is 154 g/mol. The maximum Gasteiger partial charge on any atom is 0.0270 e. The Morgan fingerprint density at radius 3 is 2.70 bits per heavy atom. The molecule has 0 fully saturated rings. The molecule has 0 bridgehead atoms. The smallest absolute Gasteiger partial charge is 0.0270 e. The summed E-state index contributed by atoms with van der Waals surface area (Å²) in [6.07, 6.45) is 6.33. The highest BCUT2D eigenvalue weighted by Crippen LogP contribution is 1.98. The monoisotopic (exact) mass is 153 g/mol. The summed E-state index contributed by atoms with van der Waals surface area (Å²) in [6.45, 7) is 0. The van der Waals surface area contributed by atoms with Crippen molar-refractivity contribution in [2.24, 2.45) is 0 Å². The van der Waals surface area contributed by atoms with Gasteiger partial charge in [0.1, 0.15) is 0 Å². The number of aromatic nitrogens is 1. The molecule has 1 rings (SSSR count). The molecule has 0 aromatic carbocycles. The Kier molecular flexibility index (Phi) is 2.97. The second kappa shape index (κ2) is 4.07. The van der Waals surface area contributed by atoms with Crippen LogP contribution in [0.4, 0.5) is 0 Å². The second-order valence-corrected chi connectivity index (χ2v) is 2.17. The van der Waals surface area contributed by atoms with Gasteiger partial charge < -0.3 is 0 Å². The average Bonchev–Trinajstić information content (AvgIpc) is 2.03. The minimum Gasteiger partial charge on any atom is -0.265 e. The van der Waals surface area contributed by atoms with Gasteiger partial charge in [0.15, 0.2) is 0 Å². The van der Waals surface area contributed by atoms with Gasteiger partial charge in [0.2, 0.25) is 0 Å². The van der Waals surface area contributed by atoms with Crippen LogP contribution in [0.2, 0.25) is 0 Å². The Hall–Kier alpha value is -0.820. The van der Waals surface area contributed by atoms with Crippen molar-refractivity contribution in [3.05, 3.63) is 41.7 Å². The molecule has 1 heterocycles. The van der Waals surface area contributed by atoms with Crippen LogP contribution in [0.15, 0.2) is 36.1 Å². The molecule has 0 atom stereocenters. The van der Waals surface area contributed by atoms with Crippen LogP contribution in [0.5, 0.6) is 0 Å². The largest absolute Gasteiger partial charge is 0.265 e. The topological polar surface area (TPSA) is 12.9 Å². The number of nitrogens with zero attached hydrogens (tertiary/aromatic N) is 1. The lowest BCUT2D eigenvalue weighted by Gasteiger charge is -1.91. The van der Waals surface area contributed by atoms with Crippen molar-refractivity contribution in [1.29, 1.82) is 0 Å². The minimum absolute atomic E-state index is 0.881. The summed E-state index contributed by atoms with van der Waals surface area (Å²) >= 11 is 5.36. The van der Waals surface area contributed by atoms with Crippen LogP contribution in [-0.4, -0.2) is 4.98 Å². The van der Waals surface area contributed by atoms with Gasteiger partial charge in [-0.05, 0) is 24.1 Å². The second-order valence-electron chi connectivity index (χ2n) is 1.92. The summed E-state index contributed by atoms with van der Waals surface area (Å²) < 4.78 is 0. The van der Waals surface area contributed by atoms with E-state index in [1.165, 1.54) is 11.1 Å². The van der Waals surface area contributed by atoms with Gasteiger partial charge in [0.25, 0.3) is 0 Å². The van der Waals surface area contributed by atoms with E-state index in [9.17, 15) is 0 Å². The summed E-state index contributed by atoms with van der Waals surface area (Å²) in [5.74, 6) is 0. The summed E-state index contributed by atoms with van der Waals surface area (Å²) in [6, 6.07) is 3.94. The van der Waals surface area contributed by atoms with Gasteiger partial charge in [-0.15, -0.1) is 0 Å². The first-order chi connectivity index (χ1) is 4.93. The number of hydrogen-bond donors (Lipinski definition) is 0. The van der Waals surface area contributed by atoms with Crippen LogP contribution >= 0.6 is 11.6 Å². The number of pyridine rings is 1. The molecule has 0 radical (unpaired) electrons. The number of hydrogen-bond acceptors (Lipinski definition) is 1. The van der Waals surface area contributed by atoms with E-state index >= 15 is 0 Å². The molecule has 0 N–H and O–H groups in total. The van der Waals surface area contributed by atoms with Gasteiger partial charge in [-0.3, -0.25) is 4.98 Å². The normalized spacial score (nSPS) is 10.5. The van der Waals surface area contributed by atoms with E-state index in [1.54, 1.807) is 12.4 Å². The Balaban J connectivity index is 2.59. The summed E-state index contributed by atoms with van der Waals surface area (Å²) in [7, 11) is 0. The molecule has 1 nitrogen and oxygen atoms in total. The number of allylic oxidation sites excluding steroid dienone is 1. The van der Waals surface area contributed by atoms with E-state index < -0.39 is 0 Å². The van der Waals surface area contributed by atoms with Gasteiger partial charge >= 0.3 is 0 Å². The fraction of sp³-hybridized carbons (Fsp3) is 0.125. The van der Waals surface area contributed by atoms with E-state index in [-0.39, 0.29) is 0 Å². The minimum atomic E-state index is 0.881. The molecule has 0 aliphatic carbocycles. The molecule has 52 valence electrons. The summed E-state index contributed by atoms with van der Waals surface area (Å²) in [5.41, 5.74) is 2.76. The Bertz CT molecular complexity index is 206. The van der Waals surface area contributed by atoms with E-state index in [1.807, 2.05) is 18.2 Å². The third-order valence-electron chi connectivity index (χ3n) is 1.19. The standard InChI is InChI=1S/C8H8ClN/c9-5-1-2-8-3-6-10-7-4-8/h1,3-7H,2H2. The zero-order chi connectivity index (χ0) is 7.23. The predicted molar refractivity (Wildman–Crippen MR) is 42.9 cm³/mol. The highest BCUT2D eigenvalue weighted by Gasteiger charge is 1.84. The lowest BCUT2D eigenvalue weighted by molar-refractivity contribution is 1.21. The van der Waals surface area contributed by atoms with Crippen LogP contribution in [0.3, 0.4) is 0 Å². The van der Waals surface area contributed by atoms with Crippen molar-refractivity contribution in [1.82, 2.24) is 4.98 Å². The molecule has 0 saturated heterocycles. The van der Waals surface area contributed by atoms with E-state index in [4.69, 9.17) is 11.6 Å². The highest BCUT2D eigenvalue weighted by molar-refractivity contribution is 6.25. The van der Waals surface area contributed by atoms with Crippen LogP contribution in [0.25, 0.3) is 0 Å². The lowest BCUT2D eigenvalue weighted by atomic mass is 10.2. The SMILES string of the molecule is ClC=CCc1ccncc1. The number of rotatable bonds is 2. The van der Waals surface area contributed by atoms with E-state index in [0.29, 0.717) is 0 Å². The maximum absolute atomic E-state index is 5.36. The van der Waals surface area contributed by atoms with Crippen LogP contribution in [0.1, 0.15) is 5.56 Å². The fourth-order valence-electron chi connectivity index (χ4n) is 0.699. The van der Waals surface area contributed by atoms with Gasteiger partial charge in [0.05, 0.1) is 0 Å². The number of halogens is 1. The molecular weight excluding hydrogens is 146 g/mol. The Morgan fingerprint density at radius 2 is 2.10 bits per heavy atom. The van der Waals surface area contributed by atoms with E-state index in [2.05, 4.69) is 4.98 Å². The van der Waals surface area contributed by atoms with Crippen LogP contribution in [0, 0.1) is 0 Å². The van der Waals surface area contributed by atoms with Gasteiger partial charge in [0, 0.05) is 17.9 Å². The first-order valence-electron chi connectivity index (χ1n) is 3.07. The lowest BCUT2D eigenvalue weighted by Crippen LogP contribution is -1.79. The zero-order valence-corrected chi connectivity index (χ0v) is 6.25. The van der Waals surface area contributed by atoms with E-state index in [0.717, 1.165) is 6.42 Å². The fourth-order valence-corrected chi connectivity index (χ4v) is 0.789. The molecule has 0 unspecified atom stereocenters. The molecular formula is C8H8ClN. The maximum atomic E-state index is 5.36. The molecule has 0 saturated carbocycles. The van der Waals surface area contributed by atoms with Gasteiger partial charge in [-0.2, -0.15) is 0 Å².